The van der Waals surface area contributed by atoms with Crippen LogP contribution in [-0.4, -0.2) is 60.5 Å². The minimum Gasteiger partial charge on any atom is -0.493 e. The molecule has 11 heteroatoms. The molecule has 0 radical (unpaired) electrons. The second-order valence-electron chi connectivity index (χ2n) is 12.3. The molecular weight excluding hydrogens is 640 g/mol. The van der Waals surface area contributed by atoms with Crippen LogP contribution in [0.2, 0.25) is 5.02 Å². The van der Waals surface area contributed by atoms with Gasteiger partial charge in [0.25, 0.3) is 5.91 Å². The number of aromatic nitrogens is 1. The number of aliphatic carboxylic acids is 1. The first-order chi connectivity index (χ1) is 22.5. The molecule has 0 spiro atoms. The number of hydrogen-bond donors (Lipinski definition) is 2. The van der Waals surface area contributed by atoms with Crippen molar-refractivity contribution < 1.29 is 34.0 Å². The number of hydrogen-bond acceptors (Lipinski definition) is 8. The number of aryl methyl sites for hydroxylation is 2. The van der Waals surface area contributed by atoms with E-state index >= 15 is 0 Å². The van der Waals surface area contributed by atoms with Gasteiger partial charge in [0.2, 0.25) is 0 Å². The number of aliphatic hydroxyl groups is 1. The van der Waals surface area contributed by atoms with E-state index < -0.39 is 23.6 Å². The number of carbonyl (C=O) groups is 2. The van der Waals surface area contributed by atoms with Crippen molar-refractivity contribution in [3.05, 3.63) is 104 Å². The van der Waals surface area contributed by atoms with Gasteiger partial charge in [-0.15, -0.1) is 11.3 Å². The first-order valence-electron chi connectivity index (χ1n) is 15.3. The quantitative estimate of drug-likeness (QED) is 0.169. The molecule has 0 bridgehead atoms. The number of rotatable bonds is 13. The standard InChI is InChI=1S/C36H39ClN2O7S/c1-36(2,21-40)20-39-27-16-14-23(37)17-25(27)33(24-11-8-12-28(44-3)34(24)45-4)46-29(35(39)43)18-31-38-26(30(47-31)19-32(41)42)15-13-22-9-6-5-7-10-22/h5-12,14,16-17,29,33,40H,13,15,18-21H2,1-4H3,(H,41,42)/t29-,33-/m1/s1. The maximum absolute atomic E-state index is 14.5. The number of para-hydroxylation sites is 1. The minimum absolute atomic E-state index is 0.113. The molecule has 4 aromatic rings. The van der Waals surface area contributed by atoms with Crippen LogP contribution in [0, 0.1) is 5.41 Å². The predicted octanol–water partition coefficient (Wildman–Crippen LogP) is 6.31. The number of carbonyl (C=O) groups excluding carboxylic acids is 1. The maximum atomic E-state index is 14.5. The number of fused-ring (bicyclic) bond motifs is 1. The van der Waals surface area contributed by atoms with Gasteiger partial charge in [0.15, 0.2) is 11.5 Å². The predicted molar refractivity (Wildman–Crippen MR) is 182 cm³/mol. The highest BCUT2D eigenvalue weighted by molar-refractivity contribution is 7.11. The van der Waals surface area contributed by atoms with Crippen molar-refractivity contribution in [3.63, 3.8) is 0 Å². The van der Waals surface area contributed by atoms with Gasteiger partial charge in [-0.3, -0.25) is 9.59 Å². The second-order valence-corrected chi connectivity index (χ2v) is 13.9. The van der Waals surface area contributed by atoms with Crippen molar-refractivity contribution in [1.29, 1.82) is 0 Å². The fraction of sp³-hybridized carbons (Fsp3) is 0.361. The lowest BCUT2D eigenvalue weighted by molar-refractivity contribution is -0.136. The minimum atomic E-state index is -1.01. The zero-order valence-electron chi connectivity index (χ0n) is 26.9. The summed E-state index contributed by atoms with van der Waals surface area (Å²) in [6.45, 7) is 3.84. The van der Waals surface area contributed by atoms with Gasteiger partial charge in [0.05, 0.1) is 31.3 Å². The third-order valence-corrected chi connectivity index (χ3v) is 9.48. The monoisotopic (exact) mass is 678 g/mol. The highest BCUT2D eigenvalue weighted by atomic mass is 35.5. The van der Waals surface area contributed by atoms with Gasteiger partial charge < -0.3 is 29.3 Å². The first kappa shape index (κ1) is 34.4. The number of nitrogens with zero attached hydrogens (tertiary/aromatic N) is 2. The Bertz CT molecular complexity index is 1730. The highest BCUT2D eigenvalue weighted by Gasteiger charge is 2.40. The van der Waals surface area contributed by atoms with E-state index in [0.717, 1.165) is 5.56 Å². The van der Waals surface area contributed by atoms with E-state index in [9.17, 15) is 19.8 Å². The Morgan fingerprint density at radius 3 is 2.49 bits per heavy atom. The van der Waals surface area contributed by atoms with E-state index in [4.69, 9.17) is 30.8 Å². The molecule has 0 saturated carbocycles. The van der Waals surface area contributed by atoms with Crippen molar-refractivity contribution in [2.24, 2.45) is 5.41 Å². The Morgan fingerprint density at radius 1 is 1.04 bits per heavy atom. The molecule has 2 heterocycles. The molecule has 1 aromatic heterocycles. The van der Waals surface area contributed by atoms with Crippen molar-refractivity contribution >= 4 is 40.5 Å². The van der Waals surface area contributed by atoms with Gasteiger partial charge in [0.1, 0.15) is 12.2 Å². The van der Waals surface area contributed by atoms with Crippen LogP contribution in [0.1, 0.15) is 52.2 Å². The summed E-state index contributed by atoms with van der Waals surface area (Å²) in [7, 11) is 3.10. The second kappa shape index (κ2) is 14.9. The lowest BCUT2D eigenvalue weighted by atomic mass is 9.92. The van der Waals surface area contributed by atoms with Crippen molar-refractivity contribution in [1.82, 2.24) is 4.98 Å². The summed E-state index contributed by atoms with van der Waals surface area (Å²) in [5.74, 6) is -0.288. The number of carboxylic acid groups (broad SMARTS) is 1. The first-order valence-corrected chi connectivity index (χ1v) is 16.5. The van der Waals surface area contributed by atoms with E-state index in [0.29, 0.717) is 61.8 Å². The molecule has 5 rings (SSSR count). The zero-order chi connectivity index (χ0) is 33.7. The molecule has 47 heavy (non-hydrogen) atoms. The normalized spacial score (nSPS) is 16.5. The average Bonchev–Trinajstić information content (AvgIpc) is 3.39. The van der Waals surface area contributed by atoms with Crippen molar-refractivity contribution in [2.75, 3.05) is 32.3 Å². The summed E-state index contributed by atoms with van der Waals surface area (Å²) in [6.07, 6.45) is -0.586. The fourth-order valence-corrected chi connectivity index (χ4v) is 7.08. The lowest BCUT2D eigenvalue weighted by Crippen LogP contribution is -2.45. The summed E-state index contributed by atoms with van der Waals surface area (Å²) >= 11 is 7.84. The van der Waals surface area contributed by atoms with Crippen LogP contribution >= 0.6 is 22.9 Å². The zero-order valence-corrected chi connectivity index (χ0v) is 28.4. The molecule has 1 aliphatic heterocycles. The van der Waals surface area contributed by atoms with Crippen LogP contribution < -0.4 is 14.4 Å². The molecular formula is C36H39ClN2O7S. The summed E-state index contributed by atoms with van der Waals surface area (Å²) in [4.78, 5) is 33.5. The number of ether oxygens (including phenoxy) is 3. The molecule has 3 aromatic carbocycles. The Labute approximate surface area is 283 Å². The summed E-state index contributed by atoms with van der Waals surface area (Å²) < 4.78 is 18.2. The molecule has 1 aliphatic rings. The molecule has 0 unspecified atom stereocenters. The largest absolute Gasteiger partial charge is 0.493 e. The lowest BCUT2D eigenvalue weighted by Gasteiger charge is -2.32. The molecule has 248 valence electrons. The smallest absolute Gasteiger partial charge is 0.308 e. The van der Waals surface area contributed by atoms with Gasteiger partial charge in [-0.05, 0) is 42.7 Å². The van der Waals surface area contributed by atoms with Gasteiger partial charge in [-0.2, -0.15) is 0 Å². The molecule has 0 saturated heterocycles. The van der Waals surface area contributed by atoms with Crippen LogP contribution in [0.25, 0.3) is 0 Å². The number of anilines is 1. The van der Waals surface area contributed by atoms with E-state index in [-0.39, 0.29) is 31.9 Å². The Balaban J connectivity index is 1.59. The van der Waals surface area contributed by atoms with Gasteiger partial charge in [-0.1, -0.05) is 67.9 Å². The van der Waals surface area contributed by atoms with Crippen LogP contribution in [-0.2, 0) is 40.0 Å². The molecule has 9 nitrogen and oxygen atoms in total. The average molecular weight is 679 g/mol. The number of thiazole rings is 1. The summed E-state index contributed by atoms with van der Waals surface area (Å²) in [5, 5.41) is 20.9. The van der Waals surface area contributed by atoms with Crippen LogP contribution in [0.4, 0.5) is 5.69 Å². The van der Waals surface area contributed by atoms with Crippen LogP contribution in [0.15, 0.2) is 66.7 Å². The molecule has 0 fully saturated rings. The van der Waals surface area contributed by atoms with Crippen LogP contribution in [0.3, 0.4) is 0 Å². The molecule has 2 N–H and O–H groups in total. The molecule has 2 atom stereocenters. The summed E-state index contributed by atoms with van der Waals surface area (Å²) in [5.41, 5.74) is 3.10. The fourth-order valence-electron chi connectivity index (χ4n) is 5.77. The number of carboxylic acids is 1. The third-order valence-electron chi connectivity index (χ3n) is 8.12. The Hall–Kier alpha value is -3.96. The molecule has 1 amide bonds. The number of aliphatic hydroxyl groups excluding tert-OH is 1. The van der Waals surface area contributed by atoms with E-state index in [2.05, 4.69) is 0 Å². The van der Waals surface area contributed by atoms with Gasteiger partial charge in [-0.25, -0.2) is 4.98 Å². The molecule has 0 aliphatic carbocycles. The highest BCUT2D eigenvalue weighted by Crippen LogP contribution is 2.45. The number of benzene rings is 3. The van der Waals surface area contributed by atoms with E-state index in [1.807, 2.05) is 56.3 Å². The Kier molecular flexibility index (Phi) is 10.9. The maximum Gasteiger partial charge on any atom is 0.308 e. The van der Waals surface area contributed by atoms with Gasteiger partial charge in [0, 0.05) is 51.7 Å². The SMILES string of the molecule is COc1cccc([C@H]2O[C@H](Cc3nc(CCc4ccccc4)c(CC(=O)O)s3)C(=O)N(CC(C)(C)CO)c3ccc(Cl)cc32)c1OC. The number of methoxy groups -OCH3 is 2. The van der Waals surface area contributed by atoms with Gasteiger partial charge >= 0.3 is 5.97 Å². The van der Waals surface area contributed by atoms with Crippen LogP contribution in [0.5, 0.6) is 11.5 Å². The number of halogens is 1. The van der Waals surface area contributed by atoms with Crippen molar-refractivity contribution in [2.45, 2.75) is 51.7 Å². The van der Waals surface area contributed by atoms with E-state index in [1.165, 1.54) is 11.3 Å². The number of amides is 1. The Morgan fingerprint density at radius 2 is 1.81 bits per heavy atom. The topological polar surface area (TPSA) is 118 Å². The summed E-state index contributed by atoms with van der Waals surface area (Å²) in [6, 6.07) is 20.7. The van der Waals surface area contributed by atoms with Crippen molar-refractivity contribution in [3.8, 4) is 11.5 Å². The van der Waals surface area contributed by atoms with E-state index in [1.54, 1.807) is 43.4 Å². The third kappa shape index (κ3) is 7.96.